The van der Waals surface area contributed by atoms with E-state index in [2.05, 4.69) is 18.8 Å². The molecule has 0 atom stereocenters. The van der Waals surface area contributed by atoms with E-state index in [9.17, 15) is 9.59 Å². The lowest BCUT2D eigenvalue weighted by atomic mass is 10.1. The summed E-state index contributed by atoms with van der Waals surface area (Å²) in [4.78, 5) is 36.7. The van der Waals surface area contributed by atoms with Crippen molar-refractivity contribution >= 4 is 27.7 Å². The number of amides is 1. The summed E-state index contributed by atoms with van der Waals surface area (Å²) in [5.41, 5.74) is 3.64. The number of aromatic nitrogens is 3. The molecule has 0 radical (unpaired) electrons. The van der Waals surface area contributed by atoms with Gasteiger partial charge in [-0.2, -0.15) is 0 Å². The number of nitrogens with zero attached hydrogens (tertiary/aromatic N) is 4. The van der Waals surface area contributed by atoms with Gasteiger partial charge in [0.25, 0.3) is 11.5 Å². The van der Waals surface area contributed by atoms with Gasteiger partial charge in [0.05, 0.1) is 22.9 Å². The Balaban J connectivity index is 1.55. The van der Waals surface area contributed by atoms with Gasteiger partial charge in [0, 0.05) is 41.8 Å². The topological polar surface area (TPSA) is 68.1 Å². The van der Waals surface area contributed by atoms with E-state index < -0.39 is 0 Å². The molecular formula is C25H24N4O2. The average Bonchev–Trinajstić information content (AvgIpc) is 3.60. The van der Waals surface area contributed by atoms with E-state index in [4.69, 9.17) is 4.98 Å². The second kappa shape index (κ2) is 7.30. The van der Waals surface area contributed by atoms with Crippen LogP contribution in [0.15, 0.2) is 59.7 Å². The molecular weight excluding hydrogens is 388 g/mol. The smallest absolute Gasteiger partial charge is 0.258 e. The summed E-state index contributed by atoms with van der Waals surface area (Å²) >= 11 is 0. The highest BCUT2D eigenvalue weighted by molar-refractivity contribution is 5.98. The van der Waals surface area contributed by atoms with Crippen LogP contribution in [0.5, 0.6) is 0 Å². The maximum absolute atomic E-state index is 13.1. The molecule has 0 N–H and O–H groups in total. The average molecular weight is 412 g/mol. The van der Waals surface area contributed by atoms with Gasteiger partial charge in [0.2, 0.25) is 0 Å². The Kier molecular flexibility index (Phi) is 4.58. The van der Waals surface area contributed by atoms with E-state index in [0.29, 0.717) is 28.2 Å². The summed E-state index contributed by atoms with van der Waals surface area (Å²) in [7, 11) is 1.74. The number of aryl methyl sites for hydroxylation is 1. The van der Waals surface area contributed by atoms with Crippen molar-refractivity contribution in [1.82, 2.24) is 19.4 Å². The van der Waals surface area contributed by atoms with Crippen LogP contribution >= 0.6 is 0 Å². The Morgan fingerprint density at radius 1 is 1.10 bits per heavy atom. The summed E-state index contributed by atoms with van der Waals surface area (Å²) in [6.45, 7) is 4.12. The number of carbonyl (C=O) groups is 1. The fraction of sp³-hybridized carbons (Fsp3) is 0.280. The molecule has 6 heteroatoms. The van der Waals surface area contributed by atoms with Crippen LogP contribution < -0.4 is 5.56 Å². The lowest BCUT2D eigenvalue weighted by Gasteiger charge is -2.26. The Labute approximate surface area is 180 Å². The van der Waals surface area contributed by atoms with E-state index in [1.165, 1.54) is 0 Å². The molecule has 1 aliphatic rings. The highest BCUT2D eigenvalue weighted by Crippen LogP contribution is 2.30. The molecule has 2 heterocycles. The molecule has 1 amide bonds. The zero-order valence-electron chi connectivity index (χ0n) is 17.9. The molecule has 6 nitrogen and oxygen atoms in total. The monoisotopic (exact) mass is 412 g/mol. The van der Waals surface area contributed by atoms with Crippen molar-refractivity contribution in [3.05, 3.63) is 70.8 Å². The van der Waals surface area contributed by atoms with Gasteiger partial charge >= 0.3 is 0 Å². The third-order valence-electron chi connectivity index (χ3n) is 5.90. The number of benzene rings is 2. The van der Waals surface area contributed by atoms with Gasteiger partial charge in [-0.05, 0) is 68.5 Å². The van der Waals surface area contributed by atoms with Crippen molar-refractivity contribution in [3.8, 4) is 11.3 Å². The largest absolute Gasteiger partial charge is 0.333 e. The molecule has 1 fully saturated rings. The first-order valence-corrected chi connectivity index (χ1v) is 10.6. The van der Waals surface area contributed by atoms with E-state index in [1.807, 2.05) is 47.4 Å². The molecule has 0 spiro atoms. The molecule has 0 saturated heterocycles. The minimum atomic E-state index is -0.0258. The second-order valence-corrected chi connectivity index (χ2v) is 8.53. The van der Waals surface area contributed by atoms with E-state index in [-0.39, 0.29) is 17.5 Å². The first-order chi connectivity index (χ1) is 14.9. The van der Waals surface area contributed by atoms with Crippen LogP contribution in [0.1, 0.15) is 37.0 Å². The molecule has 0 aliphatic heterocycles. The van der Waals surface area contributed by atoms with E-state index in [0.717, 1.165) is 29.3 Å². The van der Waals surface area contributed by atoms with Gasteiger partial charge in [-0.25, -0.2) is 4.98 Å². The van der Waals surface area contributed by atoms with Crippen molar-refractivity contribution < 1.29 is 4.79 Å². The molecule has 1 saturated carbocycles. The molecule has 1 aliphatic carbocycles. The Morgan fingerprint density at radius 2 is 1.90 bits per heavy atom. The third-order valence-corrected chi connectivity index (χ3v) is 5.90. The molecule has 2 aromatic carbocycles. The minimum absolute atomic E-state index is 0.0258. The molecule has 156 valence electrons. The third kappa shape index (κ3) is 3.48. The van der Waals surface area contributed by atoms with Gasteiger partial charge in [0.15, 0.2) is 0 Å². The van der Waals surface area contributed by atoms with Crippen molar-refractivity contribution in [3.63, 3.8) is 0 Å². The number of pyridine rings is 1. The minimum Gasteiger partial charge on any atom is -0.333 e. The SMILES string of the molecule is CC(C)N(C(=O)c1ccc2ncc(-c3ccc4c(=O)n(C)ccc4c3)nc2c1)C1CC1. The summed E-state index contributed by atoms with van der Waals surface area (Å²) < 4.78 is 1.57. The van der Waals surface area contributed by atoms with Crippen molar-refractivity contribution in [1.29, 1.82) is 0 Å². The van der Waals surface area contributed by atoms with Crippen LogP contribution in [0.3, 0.4) is 0 Å². The quantitative estimate of drug-likeness (QED) is 0.505. The highest BCUT2D eigenvalue weighted by atomic mass is 16.2. The molecule has 5 rings (SSSR count). The maximum atomic E-state index is 13.1. The fourth-order valence-electron chi connectivity index (χ4n) is 4.11. The number of hydrogen-bond acceptors (Lipinski definition) is 4. The fourth-order valence-corrected chi connectivity index (χ4v) is 4.11. The molecule has 0 bridgehead atoms. The predicted octanol–water partition coefficient (Wildman–Crippen LogP) is 4.16. The zero-order valence-corrected chi connectivity index (χ0v) is 17.9. The van der Waals surface area contributed by atoms with E-state index in [1.54, 1.807) is 24.0 Å². The van der Waals surface area contributed by atoms with Crippen LogP contribution in [0.2, 0.25) is 0 Å². The number of carbonyl (C=O) groups excluding carboxylic acids is 1. The van der Waals surface area contributed by atoms with Gasteiger partial charge < -0.3 is 9.47 Å². The lowest BCUT2D eigenvalue weighted by molar-refractivity contribution is 0.0690. The van der Waals surface area contributed by atoms with Crippen molar-refractivity contribution in [2.45, 2.75) is 38.8 Å². The van der Waals surface area contributed by atoms with Crippen LogP contribution in [0.4, 0.5) is 0 Å². The van der Waals surface area contributed by atoms with Crippen LogP contribution in [0, 0.1) is 0 Å². The molecule has 0 unspecified atom stereocenters. The van der Waals surface area contributed by atoms with Crippen LogP contribution in [-0.2, 0) is 7.05 Å². The standard InChI is InChI=1S/C25H24N4O2/c1-15(2)29(19-6-7-19)24(30)18-5-9-21-22(13-18)27-23(14-26-21)17-4-8-20-16(12-17)10-11-28(3)25(20)31/h4-5,8-15,19H,6-7H2,1-3H3. The Hall–Kier alpha value is -3.54. The highest BCUT2D eigenvalue weighted by Gasteiger charge is 2.34. The maximum Gasteiger partial charge on any atom is 0.258 e. The van der Waals surface area contributed by atoms with Crippen LogP contribution in [0.25, 0.3) is 33.1 Å². The van der Waals surface area contributed by atoms with Gasteiger partial charge in [-0.3, -0.25) is 14.6 Å². The molecule has 4 aromatic rings. The Bertz CT molecular complexity index is 1380. The summed E-state index contributed by atoms with van der Waals surface area (Å²) in [6, 6.07) is 13.6. The van der Waals surface area contributed by atoms with E-state index >= 15 is 0 Å². The number of hydrogen-bond donors (Lipinski definition) is 0. The molecule has 2 aromatic heterocycles. The predicted molar refractivity (Wildman–Crippen MR) is 122 cm³/mol. The van der Waals surface area contributed by atoms with Gasteiger partial charge in [-0.15, -0.1) is 0 Å². The normalized spacial score (nSPS) is 13.8. The van der Waals surface area contributed by atoms with Gasteiger partial charge in [-0.1, -0.05) is 6.07 Å². The lowest BCUT2D eigenvalue weighted by Crippen LogP contribution is -2.38. The number of fused-ring (bicyclic) bond motifs is 2. The van der Waals surface area contributed by atoms with Crippen LogP contribution in [-0.4, -0.2) is 37.4 Å². The van der Waals surface area contributed by atoms with Crippen molar-refractivity contribution in [2.24, 2.45) is 7.05 Å². The first kappa shape index (κ1) is 19.4. The summed E-state index contributed by atoms with van der Waals surface area (Å²) in [5, 5.41) is 1.53. The second-order valence-electron chi connectivity index (χ2n) is 8.53. The summed E-state index contributed by atoms with van der Waals surface area (Å²) in [5.74, 6) is 0.0492. The Morgan fingerprint density at radius 3 is 2.65 bits per heavy atom. The van der Waals surface area contributed by atoms with Gasteiger partial charge in [0.1, 0.15) is 0 Å². The summed E-state index contributed by atoms with van der Waals surface area (Å²) in [6.07, 6.45) is 5.65. The first-order valence-electron chi connectivity index (χ1n) is 10.6. The number of rotatable bonds is 4. The van der Waals surface area contributed by atoms with Crippen molar-refractivity contribution in [2.75, 3.05) is 0 Å². The molecule has 31 heavy (non-hydrogen) atoms. The zero-order chi connectivity index (χ0) is 21.7.